The topological polar surface area (TPSA) is 32.3 Å². The van der Waals surface area contributed by atoms with E-state index in [0.717, 1.165) is 31.4 Å². The van der Waals surface area contributed by atoms with Crippen LogP contribution in [0.3, 0.4) is 0 Å². The van der Waals surface area contributed by atoms with E-state index in [9.17, 15) is 9.18 Å². The molecule has 1 aromatic carbocycles. The minimum Gasteiger partial charge on any atom is -0.338 e. The van der Waals surface area contributed by atoms with Gasteiger partial charge in [-0.1, -0.05) is 18.6 Å². The van der Waals surface area contributed by atoms with Crippen LogP contribution < -0.4 is 5.32 Å². The molecule has 1 N–H and O–H groups in total. The summed E-state index contributed by atoms with van der Waals surface area (Å²) >= 11 is 0. The average Bonchev–Trinajstić information content (AvgIpc) is 2.46. The Kier molecular flexibility index (Phi) is 4.53. The first-order chi connectivity index (χ1) is 9.09. The van der Waals surface area contributed by atoms with Gasteiger partial charge in [-0.05, 0) is 44.0 Å². The molecule has 1 amide bonds. The number of hydrogen-bond acceptors (Lipinski definition) is 2. The summed E-state index contributed by atoms with van der Waals surface area (Å²) in [5.41, 5.74) is 0.952. The summed E-state index contributed by atoms with van der Waals surface area (Å²) in [4.78, 5) is 14.1. The van der Waals surface area contributed by atoms with Crippen LogP contribution in [0.5, 0.6) is 0 Å². The van der Waals surface area contributed by atoms with Gasteiger partial charge in [-0.25, -0.2) is 4.39 Å². The van der Waals surface area contributed by atoms with Crippen molar-refractivity contribution in [2.24, 2.45) is 0 Å². The van der Waals surface area contributed by atoms with Gasteiger partial charge in [-0.15, -0.1) is 0 Å². The molecule has 2 rings (SSSR count). The van der Waals surface area contributed by atoms with Gasteiger partial charge in [0.1, 0.15) is 5.82 Å². The van der Waals surface area contributed by atoms with Gasteiger partial charge in [0.2, 0.25) is 5.91 Å². The van der Waals surface area contributed by atoms with Crippen molar-refractivity contribution in [2.45, 2.75) is 38.3 Å². The maximum atomic E-state index is 12.9. The molecule has 1 aromatic rings. The van der Waals surface area contributed by atoms with Crippen molar-refractivity contribution in [1.82, 2.24) is 10.2 Å². The molecule has 0 saturated carbocycles. The van der Waals surface area contributed by atoms with E-state index in [-0.39, 0.29) is 23.8 Å². The van der Waals surface area contributed by atoms with E-state index in [1.807, 2.05) is 14.0 Å². The second-order valence-electron chi connectivity index (χ2n) is 5.18. The number of carbonyl (C=O) groups excluding carboxylic acids is 1. The first-order valence-electron chi connectivity index (χ1n) is 6.85. The number of rotatable bonds is 3. The Labute approximate surface area is 113 Å². The zero-order chi connectivity index (χ0) is 13.8. The van der Waals surface area contributed by atoms with Crippen molar-refractivity contribution in [3.63, 3.8) is 0 Å². The quantitative estimate of drug-likeness (QED) is 0.909. The van der Waals surface area contributed by atoms with Gasteiger partial charge >= 0.3 is 0 Å². The van der Waals surface area contributed by atoms with Gasteiger partial charge < -0.3 is 10.2 Å². The van der Waals surface area contributed by atoms with E-state index in [1.165, 1.54) is 12.1 Å². The van der Waals surface area contributed by atoms with Crippen LogP contribution in [0, 0.1) is 5.82 Å². The summed E-state index contributed by atoms with van der Waals surface area (Å²) in [7, 11) is 1.81. The highest BCUT2D eigenvalue weighted by atomic mass is 19.1. The van der Waals surface area contributed by atoms with E-state index in [2.05, 4.69) is 5.32 Å². The fourth-order valence-electron chi connectivity index (χ4n) is 2.46. The molecule has 0 bridgehead atoms. The second kappa shape index (κ2) is 6.15. The van der Waals surface area contributed by atoms with Crippen LogP contribution in [0.1, 0.15) is 37.8 Å². The lowest BCUT2D eigenvalue weighted by molar-refractivity contribution is -0.134. The van der Waals surface area contributed by atoms with Gasteiger partial charge in [0, 0.05) is 7.05 Å². The van der Waals surface area contributed by atoms with Crippen molar-refractivity contribution < 1.29 is 9.18 Å². The lowest BCUT2D eigenvalue weighted by atomic mass is 10.0. The van der Waals surface area contributed by atoms with Gasteiger partial charge in [0.25, 0.3) is 0 Å². The molecule has 3 nitrogen and oxygen atoms in total. The summed E-state index contributed by atoms with van der Waals surface area (Å²) in [6.45, 7) is 2.88. The van der Waals surface area contributed by atoms with Crippen LogP contribution in [-0.4, -0.2) is 30.4 Å². The van der Waals surface area contributed by atoms with Crippen molar-refractivity contribution >= 4 is 5.91 Å². The molecular weight excluding hydrogens is 243 g/mol. The smallest absolute Gasteiger partial charge is 0.239 e. The molecule has 19 heavy (non-hydrogen) atoms. The number of carbonyl (C=O) groups is 1. The highest BCUT2D eigenvalue weighted by Crippen LogP contribution is 2.21. The third kappa shape index (κ3) is 3.32. The SMILES string of the molecule is CC(c1ccc(F)cc1)N(C)C(=O)[C@H]1CCCCN1. The third-order valence-corrected chi connectivity index (χ3v) is 3.89. The minimum atomic E-state index is -0.251. The van der Waals surface area contributed by atoms with E-state index in [0.29, 0.717) is 0 Å². The third-order valence-electron chi connectivity index (χ3n) is 3.89. The first-order valence-corrected chi connectivity index (χ1v) is 6.85. The maximum Gasteiger partial charge on any atom is 0.239 e. The number of hydrogen-bond donors (Lipinski definition) is 1. The molecule has 4 heteroatoms. The minimum absolute atomic E-state index is 0.0446. The molecule has 0 radical (unpaired) electrons. The predicted octanol–water partition coefficient (Wildman–Crippen LogP) is 2.49. The van der Waals surface area contributed by atoms with E-state index in [1.54, 1.807) is 17.0 Å². The Morgan fingerprint density at radius 2 is 2.05 bits per heavy atom. The molecule has 1 heterocycles. The molecule has 1 aliphatic heterocycles. The largest absolute Gasteiger partial charge is 0.338 e. The van der Waals surface area contributed by atoms with Gasteiger partial charge in [-0.2, -0.15) is 0 Å². The Hall–Kier alpha value is -1.42. The van der Waals surface area contributed by atoms with Crippen molar-refractivity contribution in [2.75, 3.05) is 13.6 Å². The number of benzene rings is 1. The molecule has 1 unspecified atom stereocenters. The summed E-state index contributed by atoms with van der Waals surface area (Å²) in [6.07, 6.45) is 3.14. The first kappa shape index (κ1) is 14.0. The molecule has 1 aliphatic rings. The van der Waals surface area contributed by atoms with Crippen LogP contribution in [0.2, 0.25) is 0 Å². The molecule has 2 atom stereocenters. The Bertz CT molecular complexity index is 426. The fourth-order valence-corrected chi connectivity index (χ4v) is 2.46. The normalized spacial score (nSPS) is 20.9. The van der Waals surface area contributed by atoms with E-state index in [4.69, 9.17) is 0 Å². The Morgan fingerprint density at radius 3 is 2.63 bits per heavy atom. The second-order valence-corrected chi connectivity index (χ2v) is 5.18. The summed E-state index contributed by atoms with van der Waals surface area (Å²) < 4.78 is 12.9. The standard InChI is InChI=1S/C15H21FN2O/c1-11(12-6-8-13(16)9-7-12)18(2)15(19)14-5-3-4-10-17-14/h6-9,11,14,17H,3-5,10H2,1-2H3/t11?,14-/m1/s1. The molecular formula is C15H21FN2O. The summed E-state index contributed by atoms with van der Waals surface area (Å²) in [5, 5.41) is 3.26. The molecule has 0 spiro atoms. The number of likely N-dealkylation sites (N-methyl/N-ethyl adjacent to an activating group) is 1. The number of nitrogens with zero attached hydrogens (tertiary/aromatic N) is 1. The monoisotopic (exact) mass is 264 g/mol. The number of piperidine rings is 1. The van der Waals surface area contributed by atoms with E-state index >= 15 is 0 Å². The van der Waals surface area contributed by atoms with Gasteiger partial charge in [-0.3, -0.25) is 4.79 Å². The highest BCUT2D eigenvalue weighted by Gasteiger charge is 2.26. The average molecular weight is 264 g/mol. The van der Waals surface area contributed by atoms with Crippen molar-refractivity contribution in [1.29, 1.82) is 0 Å². The Balaban J connectivity index is 2.03. The lowest BCUT2D eigenvalue weighted by Gasteiger charge is -2.31. The molecule has 0 aromatic heterocycles. The van der Waals surface area contributed by atoms with Gasteiger partial charge in [0.15, 0.2) is 0 Å². The summed E-state index contributed by atoms with van der Waals surface area (Å²) in [6, 6.07) is 6.22. The highest BCUT2D eigenvalue weighted by molar-refractivity contribution is 5.82. The molecule has 1 saturated heterocycles. The van der Waals surface area contributed by atoms with E-state index < -0.39 is 0 Å². The number of nitrogens with one attached hydrogen (secondary N) is 1. The van der Waals surface area contributed by atoms with Crippen molar-refractivity contribution in [3.8, 4) is 0 Å². The fraction of sp³-hybridized carbons (Fsp3) is 0.533. The van der Waals surface area contributed by atoms with Crippen LogP contribution in [0.4, 0.5) is 4.39 Å². The zero-order valence-electron chi connectivity index (χ0n) is 11.5. The van der Waals surface area contributed by atoms with Crippen molar-refractivity contribution in [3.05, 3.63) is 35.6 Å². The lowest BCUT2D eigenvalue weighted by Crippen LogP contribution is -2.47. The number of halogens is 1. The van der Waals surface area contributed by atoms with Crippen LogP contribution in [-0.2, 0) is 4.79 Å². The zero-order valence-corrected chi connectivity index (χ0v) is 11.5. The molecule has 0 aliphatic carbocycles. The molecule has 1 fully saturated rings. The summed E-state index contributed by atoms with van der Waals surface area (Å²) in [5.74, 6) is -0.129. The van der Waals surface area contributed by atoms with Crippen LogP contribution >= 0.6 is 0 Å². The van der Waals surface area contributed by atoms with Gasteiger partial charge in [0.05, 0.1) is 12.1 Å². The van der Waals surface area contributed by atoms with Crippen LogP contribution in [0.25, 0.3) is 0 Å². The maximum absolute atomic E-state index is 12.9. The van der Waals surface area contributed by atoms with Crippen LogP contribution in [0.15, 0.2) is 24.3 Å². The molecule has 104 valence electrons. The Morgan fingerprint density at radius 1 is 1.37 bits per heavy atom. The predicted molar refractivity (Wildman–Crippen MR) is 73.2 cm³/mol. The number of amides is 1.